The minimum Gasteiger partial charge on any atom is -0.465 e. The van der Waals surface area contributed by atoms with E-state index >= 15 is 0 Å². The number of carbonyl (C=O) groups is 2. The van der Waals surface area contributed by atoms with Gasteiger partial charge in [-0.1, -0.05) is 29.3 Å². The number of esters is 1. The highest BCUT2D eigenvalue weighted by atomic mass is 35.5. The van der Waals surface area contributed by atoms with Crippen LogP contribution in [0.25, 0.3) is 0 Å². The summed E-state index contributed by atoms with van der Waals surface area (Å²) in [5.74, 6) is -2.47. The molecule has 0 saturated carbocycles. The third-order valence-electron chi connectivity index (χ3n) is 2.95. The number of hydrogen-bond donors (Lipinski definition) is 2. The highest BCUT2D eigenvalue weighted by Crippen LogP contribution is 2.35. The van der Waals surface area contributed by atoms with Gasteiger partial charge in [-0.2, -0.15) is 0 Å². The summed E-state index contributed by atoms with van der Waals surface area (Å²) in [5.41, 5.74) is 6.05. The van der Waals surface area contributed by atoms with Crippen LogP contribution in [0.2, 0.25) is 10.0 Å². The lowest BCUT2D eigenvalue weighted by Gasteiger charge is -2.27. The molecule has 112 valence electrons. The van der Waals surface area contributed by atoms with Crippen molar-refractivity contribution in [1.82, 2.24) is 5.32 Å². The van der Waals surface area contributed by atoms with Crippen LogP contribution in [-0.4, -0.2) is 24.4 Å². The van der Waals surface area contributed by atoms with E-state index < -0.39 is 23.8 Å². The molecule has 21 heavy (non-hydrogen) atoms. The lowest BCUT2D eigenvalue weighted by Crippen LogP contribution is -2.49. The van der Waals surface area contributed by atoms with Gasteiger partial charge < -0.3 is 10.5 Å². The van der Waals surface area contributed by atoms with E-state index in [0.29, 0.717) is 15.6 Å². The largest absolute Gasteiger partial charge is 0.465 e. The molecule has 1 aromatic rings. The molecular formula is C13H13Cl2N3O3. The second-order valence-corrected chi connectivity index (χ2v) is 5.19. The number of rotatable bonds is 3. The van der Waals surface area contributed by atoms with E-state index in [1.807, 2.05) is 0 Å². The Kier molecular flexibility index (Phi) is 4.69. The molecule has 1 aromatic carbocycles. The Hall–Kier alpha value is -1.79. The van der Waals surface area contributed by atoms with E-state index in [2.05, 4.69) is 10.3 Å². The number of aliphatic imine (C=N–C) groups is 1. The Bertz CT molecular complexity index is 619. The second kappa shape index (κ2) is 6.32. The topological polar surface area (TPSA) is 93.8 Å². The van der Waals surface area contributed by atoms with Crippen LogP contribution in [0.3, 0.4) is 0 Å². The third-order valence-corrected chi connectivity index (χ3v) is 3.51. The van der Waals surface area contributed by atoms with Crippen LogP contribution in [0, 0.1) is 5.92 Å². The highest BCUT2D eigenvalue weighted by Gasteiger charge is 2.41. The van der Waals surface area contributed by atoms with Crippen molar-refractivity contribution in [3.05, 3.63) is 33.8 Å². The number of nitrogens with two attached hydrogens (primary N) is 1. The molecule has 2 unspecified atom stereocenters. The van der Waals surface area contributed by atoms with Crippen molar-refractivity contribution in [2.75, 3.05) is 6.61 Å². The van der Waals surface area contributed by atoms with E-state index in [1.165, 1.54) is 6.07 Å². The molecule has 0 saturated heterocycles. The smallest absolute Gasteiger partial charge is 0.321 e. The number of amides is 1. The van der Waals surface area contributed by atoms with Crippen LogP contribution < -0.4 is 11.1 Å². The standard InChI is InChI=1S/C13H13Cl2N3O3/c1-2-21-12(20)9-10(17-13(16)18-11(9)19)7-4-3-6(14)5-8(7)15/h3-5,9-10H,2H2,1H3,(H3,16,17,18,19). The van der Waals surface area contributed by atoms with Crippen molar-refractivity contribution in [3.63, 3.8) is 0 Å². The van der Waals surface area contributed by atoms with E-state index in [4.69, 9.17) is 33.7 Å². The van der Waals surface area contributed by atoms with Gasteiger partial charge in [0, 0.05) is 10.0 Å². The fourth-order valence-electron chi connectivity index (χ4n) is 2.06. The number of carbonyl (C=O) groups excluding carboxylic acids is 2. The maximum atomic E-state index is 12.0. The van der Waals surface area contributed by atoms with Gasteiger partial charge in [-0.25, -0.2) is 4.99 Å². The summed E-state index contributed by atoms with van der Waals surface area (Å²) in [6.45, 7) is 1.81. The van der Waals surface area contributed by atoms with Crippen molar-refractivity contribution >= 4 is 41.0 Å². The molecule has 6 nitrogen and oxygen atoms in total. The Morgan fingerprint density at radius 2 is 2.19 bits per heavy atom. The number of benzene rings is 1. The minimum atomic E-state index is -1.14. The predicted octanol–water partition coefficient (Wildman–Crippen LogP) is 1.66. The molecule has 1 aliphatic heterocycles. The Labute approximate surface area is 131 Å². The van der Waals surface area contributed by atoms with Gasteiger partial charge in [-0.15, -0.1) is 0 Å². The van der Waals surface area contributed by atoms with Crippen LogP contribution >= 0.6 is 23.2 Å². The molecule has 1 heterocycles. The number of hydrogen-bond acceptors (Lipinski definition) is 5. The lowest BCUT2D eigenvalue weighted by atomic mass is 9.91. The molecule has 1 aliphatic rings. The van der Waals surface area contributed by atoms with E-state index in [9.17, 15) is 9.59 Å². The lowest BCUT2D eigenvalue weighted by molar-refractivity contribution is -0.153. The molecule has 0 bridgehead atoms. The second-order valence-electron chi connectivity index (χ2n) is 4.34. The van der Waals surface area contributed by atoms with Gasteiger partial charge in [0.15, 0.2) is 11.9 Å². The monoisotopic (exact) mass is 329 g/mol. The first kappa shape index (κ1) is 15.6. The van der Waals surface area contributed by atoms with Crippen LogP contribution in [0.1, 0.15) is 18.5 Å². The zero-order valence-corrected chi connectivity index (χ0v) is 12.6. The van der Waals surface area contributed by atoms with Crippen LogP contribution in [0.5, 0.6) is 0 Å². The molecule has 0 fully saturated rings. The van der Waals surface area contributed by atoms with Crippen LogP contribution in [0.15, 0.2) is 23.2 Å². The van der Waals surface area contributed by atoms with E-state index in [0.717, 1.165) is 0 Å². The molecular weight excluding hydrogens is 317 g/mol. The van der Waals surface area contributed by atoms with E-state index in [1.54, 1.807) is 19.1 Å². The highest BCUT2D eigenvalue weighted by molar-refractivity contribution is 6.35. The third kappa shape index (κ3) is 3.28. The number of nitrogens with zero attached hydrogens (tertiary/aromatic N) is 1. The normalized spacial score (nSPS) is 21.5. The van der Waals surface area contributed by atoms with Crippen LogP contribution in [0.4, 0.5) is 0 Å². The zero-order chi connectivity index (χ0) is 15.6. The molecule has 2 atom stereocenters. The first-order valence-corrected chi connectivity index (χ1v) is 6.95. The fraction of sp³-hybridized carbons (Fsp3) is 0.308. The van der Waals surface area contributed by atoms with Gasteiger partial charge >= 0.3 is 5.97 Å². The van der Waals surface area contributed by atoms with Crippen molar-refractivity contribution in [2.45, 2.75) is 13.0 Å². The van der Waals surface area contributed by atoms with Gasteiger partial charge in [0.2, 0.25) is 5.91 Å². The van der Waals surface area contributed by atoms with Gasteiger partial charge in [0.25, 0.3) is 0 Å². The summed E-state index contributed by atoms with van der Waals surface area (Å²) in [4.78, 5) is 28.2. The average molecular weight is 330 g/mol. The summed E-state index contributed by atoms with van der Waals surface area (Å²) in [5, 5.41) is 3.06. The summed E-state index contributed by atoms with van der Waals surface area (Å²) < 4.78 is 4.92. The Balaban J connectivity index is 2.47. The van der Waals surface area contributed by atoms with Crippen molar-refractivity contribution in [1.29, 1.82) is 0 Å². The summed E-state index contributed by atoms with van der Waals surface area (Å²) in [6.07, 6.45) is 0. The molecule has 0 aliphatic carbocycles. The molecule has 0 radical (unpaired) electrons. The first-order valence-electron chi connectivity index (χ1n) is 6.19. The van der Waals surface area contributed by atoms with Crippen LogP contribution in [-0.2, 0) is 14.3 Å². The number of guanidine groups is 1. The molecule has 2 rings (SSSR count). The minimum absolute atomic E-state index is 0.0726. The van der Waals surface area contributed by atoms with Crippen molar-refractivity contribution in [2.24, 2.45) is 16.6 Å². The molecule has 0 aromatic heterocycles. The van der Waals surface area contributed by atoms with Crippen molar-refractivity contribution < 1.29 is 14.3 Å². The molecule has 0 spiro atoms. The maximum Gasteiger partial charge on any atom is 0.321 e. The first-order chi connectivity index (χ1) is 9.93. The van der Waals surface area contributed by atoms with Crippen molar-refractivity contribution in [3.8, 4) is 0 Å². The predicted molar refractivity (Wildman–Crippen MR) is 79.1 cm³/mol. The Morgan fingerprint density at radius 1 is 1.48 bits per heavy atom. The summed E-state index contributed by atoms with van der Waals surface area (Å²) in [7, 11) is 0. The quantitative estimate of drug-likeness (QED) is 0.651. The number of ether oxygens (including phenoxy) is 1. The van der Waals surface area contributed by atoms with E-state index in [-0.39, 0.29) is 12.6 Å². The van der Waals surface area contributed by atoms with Gasteiger partial charge in [-0.3, -0.25) is 14.9 Å². The number of halogens is 2. The Morgan fingerprint density at radius 3 is 2.81 bits per heavy atom. The number of nitrogens with one attached hydrogen (secondary N) is 1. The molecule has 3 N–H and O–H groups in total. The fourth-order valence-corrected chi connectivity index (χ4v) is 2.58. The average Bonchev–Trinajstić information content (AvgIpc) is 2.37. The maximum absolute atomic E-state index is 12.0. The molecule has 1 amide bonds. The molecule has 8 heteroatoms. The SMILES string of the molecule is CCOC(=O)C1C(=O)NC(N)=NC1c1ccc(Cl)cc1Cl. The van der Waals surface area contributed by atoms with Gasteiger partial charge in [0.05, 0.1) is 6.61 Å². The van der Waals surface area contributed by atoms with Gasteiger partial charge in [0.1, 0.15) is 6.04 Å². The summed E-state index contributed by atoms with van der Waals surface area (Å²) >= 11 is 12.0. The zero-order valence-electron chi connectivity index (χ0n) is 11.1. The summed E-state index contributed by atoms with van der Waals surface area (Å²) in [6, 6.07) is 3.88. The van der Waals surface area contributed by atoms with Gasteiger partial charge in [-0.05, 0) is 24.6 Å².